The van der Waals surface area contributed by atoms with Gasteiger partial charge in [-0.2, -0.15) is 13.2 Å². The highest BCUT2D eigenvalue weighted by molar-refractivity contribution is 5.99. The van der Waals surface area contributed by atoms with E-state index in [1.54, 1.807) is 37.3 Å². The van der Waals surface area contributed by atoms with Gasteiger partial charge in [0.1, 0.15) is 17.8 Å². The Kier molecular flexibility index (Phi) is 8.13. The second kappa shape index (κ2) is 11.4. The first-order valence-electron chi connectivity index (χ1n) is 12.4. The standard InChI is InChI=1S/C29H27F3N2O6/c1-17-26(19-8-5-4-6-9-19)40-28(36)25(27(35)33(17)2)21(18-12-14-20(39-3)15-13-18)16-22-23(29(30,31)32)10-7-11-24(22)34(37)38/h4-15,17,21,25-26H,16H2,1-3H3/t17-,21?,25-,26-/m0/s1. The highest BCUT2D eigenvalue weighted by Gasteiger charge is 2.47. The molecular weight excluding hydrogens is 529 g/mol. The van der Waals surface area contributed by atoms with Gasteiger partial charge in [0.2, 0.25) is 5.91 Å². The van der Waals surface area contributed by atoms with Crippen molar-refractivity contribution in [1.29, 1.82) is 0 Å². The number of nitrogens with zero attached hydrogens (tertiary/aromatic N) is 2. The fourth-order valence-electron chi connectivity index (χ4n) is 5.07. The molecule has 4 atom stereocenters. The molecule has 1 heterocycles. The number of carbonyl (C=O) groups is 2. The van der Waals surface area contributed by atoms with E-state index in [4.69, 9.17) is 9.47 Å². The van der Waals surface area contributed by atoms with E-state index in [0.29, 0.717) is 16.9 Å². The monoisotopic (exact) mass is 556 g/mol. The number of halogens is 3. The van der Waals surface area contributed by atoms with Gasteiger partial charge in [0.25, 0.3) is 5.69 Å². The molecule has 0 spiro atoms. The Morgan fingerprint density at radius 3 is 2.25 bits per heavy atom. The molecule has 3 aromatic carbocycles. The molecule has 0 radical (unpaired) electrons. The second-order valence-corrected chi connectivity index (χ2v) is 9.58. The second-order valence-electron chi connectivity index (χ2n) is 9.58. The topological polar surface area (TPSA) is 99.0 Å². The van der Waals surface area contributed by atoms with Crippen molar-refractivity contribution < 1.29 is 37.2 Å². The largest absolute Gasteiger partial charge is 0.497 e. The summed E-state index contributed by atoms with van der Waals surface area (Å²) in [6, 6.07) is 17.0. The van der Waals surface area contributed by atoms with Gasteiger partial charge in [0, 0.05) is 24.6 Å². The van der Waals surface area contributed by atoms with Gasteiger partial charge in [-0.1, -0.05) is 48.5 Å². The first-order chi connectivity index (χ1) is 18.9. The Hall–Kier alpha value is -4.41. The molecule has 0 aliphatic carbocycles. The van der Waals surface area contributed by atoms with Crippen molar-refractivity contribution in [3.05, 3.63) is 105 Å². The average Bonchev–Trinajstić information content (AvgIpc) is 3.01. The lowest BCUT2D eigenvalue weighted by molar-refractivity contribution is -0.385. The number of ether oxygens (including phenoxy) is 2. The summed E-state index contributed by atoms with van der Waals surface area (Å²) in [4.78, 5) is 39.7. The van der Waals surface area contributed by atoms with Crippen LogP contribution in [0, 0.1) is 16.0 Å². The maximum Gasteiger partial charge on any atom is 0.416 e. The summed E-state index contributed by atoms with van der Waals surface area (Å²) in [6.45, 7) is 1.71. The van der Waals surface area contributed by atoms with E-state index in [1.165, 1.54) is 43.3 Å². The molecule has 0 bridgehead atoms. The lowest BCUT2D eigenvalue weighted by atomic mass is 9.79. The number of methoxy groups -OCH3 is 1. The van der Waals surface area contributed by atoms with Crippen LogP contribution in [-0.2, 0) is 26.9 Å². The number of nitro benzene ring substituents is 1. The molecule has 1 fully saturated rings. The zero-order chi connectivity index (χ0) is 29.2. The van der Waals surface area contributed by atoms with Gasteiger partial charge in [-0.15, -0.1) is 0 Å². The average molecular weight is 557 g/mol. The minimum Gasteiger partial charge on any atom is -0.497 e. The molecule has 0 aromatic heterocycles. The quantitative estimate of drug-likeness (QED) is 0.160. The molecule has 210 valence electrons. The van der Waals surface area contributed by atoms with Crippen molar-refractivity contribution in [2.45, 2.75) is 37.6 Å². The molecule has 11 heteroatoms. The highest BCUT2D eigenvalue weighted by atomic mass is 19.4. The predicted octanol–water partition coefficient (Wildman–Crippen LogP) is 5.71. The Bertz CT molecular complexity index is 1400. The predicted molar refractivity (Wildman–Crippen MR) is 139 cm³/mol. The SMILES string of the molecule is COc1ccc(C(Cc2c([N+](=O)[O-])cccc2C(F)(F)F)[C@@H]2C(=O)O[C@H](c3ccccc3)[C@H](C)N(C)C2=O)cc1. The number of carbonyl (C=O) groups excluding carboxylic acids is 2. The molecular formula is C29H27F3N2O6. The molecule has 8 nitrogen and oxygen atoms in total. The summed E-state index contributed by atoms with van der Waals surface area (Å²) in [7, 11) is 2.93. The molecule has 4 rings (SSSR count). The van der Waals surface area contributed by atoms with E-state index >= 15 is 0 Å². The molecule has 0 saturated carbocycles. The number of likely N-dealkylation sites (N-methyl/N-ethyl adjacent to an activating group) is 1. The normalized spacial score (nSPS) is 20.4. The first-order valence-corrected chi connectivity index (χ1v) is 12.4. The van der Waals surface area contributed by atoms with E-state index in [2.05, 4.69) is 0 Å². The summed E-state index contributed by atoms with van der Waals surface area (Å²) >= 11 is 0. The van der Waals surface area contributed by atoms with E-state index < -0.39 is 70.2 Å². The number of amides is 1. The van der Waals surface area contributed by atoms with E-state index in [0.717, 1.165) is 18.2 Å². The van der Waals surface area contributed by atoms with Gasteiger partial charge in [-0.25, -0.2) is 0 Å². The lowest BCUT2D eigenvalue weighted by Gasteiger charge is -2.29. The fraction of sp³-hybridized carbons (Fsp3) is 0.310. The minimum absolute atomic E-state index is 0.321. The smallest absolute Gasteiger partial charge is 0.416 e. The molecule has 40 heavy (non-hydrogen) atoms. The van der Waals surface area contributed by atoms with Crippen molar-refractivity contribution in [2.75, 3.05) is 14.2 Å². The number of rotatable bonds is 7. The summed E-state index contributed by atoms with van der Waals surface area (Å²) in [5, 5.41) is 11.8. The molecule has 0 N–H and O–H groups in total. The lowest BCUT2D eigenvalue weighted by Crippen LogP contribution is -2.42. The van der Waals surface area contributed by atoms with Gasteiger partial charge in [-0.05, 0) is 42.7 Å². The fourth-order valence-corrected chi connectivity index (χ4v) is 5.07. The van der Waals surface area contributed by atoms with Gasteiger partial charge in [0.15, 0.2) is 0 Å². The Balaban J connectivity index is 1.87. The van der Waals surface area contributed by atoms with Crippen LogP contribution in [0.25, 0.3) is 0 Å². The molecule has 1 aliphatic heterocycles. The molecule has 1 unspecified atom stereocenters. The summed E-state index contributed by atoms with van der Waals surface area (Å²) in [6.07, 6.45) is -6.37. The van der Waals surface area contributed by atoms with Crippen LogP contribution in [0.1, 0.15) is 41.2 Å². The third-order valence-corrected chi connectivity index (χ3v) is 7.31. The van der Waals surface area contributed by atoms with Crippen LogP contribution in [0.3, 0.4) is 0 Å². The van der Waals surface area contributed by atoms with Crippen molar-refractivity contribution in [3.63, 3.8) is 0 Å². The molecule has 1 aliphatic rings. The van der Waals surface area contributed by atoms with Gasteiger partial charge in [-0.3, -0.25) is 19.7 Å². The van der Waals surface area contributed by atoms with Crippen molar-refractivity contribution >= 4 is 17.6 Å². The van der Waals surface area contributed by atoms with Gasteiger partial charge in [0.05, 0.1) is 23.6 Å². The summed E-state index contributed by atoms with van der Waals surface area (Å²) in [5.41, 5.74) is -1.63. The number of hydrogen-bond donors (Lipinski definition) is 0. The third kappa shape index (κ3) is 5.63. The zero-order valence-corrected chi connectivity index (χ0v) is 21.9. The molecule has 3 aromatic rings. The van der Waals surface area contributed by atoms with Crippen LogP contribution in [0.15, 0.2) is 72.8 Å². The van der Waals surface area contributed by atoms with E-state index in [9.17, 15) is 32.9 Å². The van der Waals surface area contributed by atoms with Crippen molar-refractivity contribution in [3.8, 4) is 5.75 Å². The molecule has 1 saturated heterocycles. The number of cyclic esters (lactones) is 1. The number of esters is 1. The van der Waals surface area contributed by atoms with Crippen molar-refractivity contribution in [2.24, 2.45) is 5.92 Å². The van der Waals surface area contributed by atoms with Crippen LogP contribution in [0.4, 0.5) is 18.9 Å². The van der Waals surface area contributed by atoms with Crippen molar-refractivity contribution in [1.82, 2.24) is 4.90 Å². The maximum atomic E-state index is 14.1. The number of hydrogen-bond acceptors (Lipinski definition) is 6. The minimum atomic E-state index is -4.91. The summed E-state index contributed by atoms with van der Waals surface area (Å²) in [5.74, 6) is -3.95. The molecule has 1 amide bonds. The van der Waals surface area contributed by atoms with Crippen LogP contribution in [-0.4, -0.2) is 41.9 Å². The number of alkyl halides is 3. The first kappa shape index (κ1) is 28.6. The highest BCUT2D eigenvalue weighted by Crippen LogP contribution is 2.42. The van der Waals surface area contributed by atoms with Crippen LogP contribution < -0.4 is 4.74 Å². The summed E-state index contributed by atoms with van der Waals surface area (Å²) < 4.78 is 53.2. The zero-order valence-electron chi connectivity index (χ0n) is 21.9. The maximum absolute atomic E-state index is 14.1. The number of benzene rings is 3. The third-order valence-electron chi connectivity index (χ3n) is 7.31. The Morgan fingerprint density at radius 1 is 1.02 bits per heavy atom. The van der Waals surface area contributed by atoms with Gasteiger partial charge < -0.3 is 14.4 Å². The van der Waals surface area contributed by atoms with Crippen LogP contribution in [0.5, 0.6) is 5.75 Å². The van der Waals surface area contributed by atoms with E-state index in [1.807, 2.05) is 0 Å². The van der Waals surface area contributed by atoms with Crippen LogP contribution >= 0.6 is 0 Å². The van der Waals surface area contributed by atoms with Gasteiger partial charge >= 0.3 is 12.1 Å². The van der Waals surface area contributed by atoms with Crippen LogP contribution in [0.2, 0.25) is 0 Å². The Morgan fingerprint density at radius 2 is 1.68 bits per heavy atom. The number of nitro groups is 1. The Labute approximate surface area is 228 Å². The van der Waals surface area contributed by atoms with E-state index in [-0.39, 0.29) is 0 Å².